The van der Waals surface area contributed by atoms with Crippen LogP contribution in [0.25, 0.3) is 0 Å². The third kappa shape index (κ3) is 3.48. The molecule has 0 bridgehead atoms. The highest BCUT2D eigenvalue weighted by molar-refractivity contribution is 5.92. The minimum Gasteiger partial charge on any atom is -0.324 e. The van der Waals surface area contributed by atoms with Gasteiger partial charge in [-0.25, -0.2) is 4.79 Å². The molecule has 1 unspecified atom stereocenters. The highest BCUT2D eigenvalue weighted by Gasteiger charge is 2.23. The zero-order chi connectivity index (χ0) is 15.4. The van der Waals surface area contributed by atoms with Gasteiger partial charge in [-0.1, -0.05) is 6.92 Å². The highest BCUT2D eigenvalue weighted by atomic mass is 16.6. The van der Waals surface area contributed by atoms with Crippen molar-refractivity contribution in [3.63, 3.8) is 0 Å². The number of urea groups is 1. The molecular formula is C14H16N4O3. The monoisotopic (exact) mass is 288 g/mol. The molecule has 2 amide bonds. The zero-order valence-corrected chi connectivity index (χ0v) is 11.7. The summed E-state index contributed by atoms with van der Waals surface area (Å²) in [6, 6.07) is 5.50. The maximum atomic E-state index is 12.2. The molecule has 21 heavy (non-hydrogen) atoms. The van der Waals surface area contributed by atoms with Gasteiger partial charge in [0.2, 0.25) is 0 Å². The maximum Gasteiger partial charge on any atom is 0.322 e. The minimum atomic E-state index is -0.602. The van der Waals surface area contributed by atoms with Gasteiger partial charge in [-0.3, -0.25) is 10.1 Å². The van der Waals surface area contributed by atoms with E-state index in [2.05, 4.69) is 12.2 Å². The average Bonchev–Trinajstić information content (AvgIpc) is 2.47. The second-order valence-electron chi connectivity index (χ2n) is 5.22. The normalized spacial score (nSPS) is 17.9. The Labute approximate surface area is 122 Å². The van der Waals surface area contributed by atoms with Gasteiger partial charge in [0.15, 0.2) is 0 Å². The quantitative estimate of drug-likeness (QED) is 0.668. The molecule has 0 radical (unpaired) electrons. The lowest BCUT2D eigenvalue weighted by molar-refractivity contribution is -0.383. The van der Waals surface area contributed by atoms with Crippen molar-refractivity contribution < 1.29 is 9.72 Å². The molecule has 1 heterocycles. The van der Waals surface area contributed by atoms with E-state index in [1.807, 2.05) is 6.07 Å². The van der Waals surface area contributed by atoms with Crippen LogP contribution in [0.1, 0.15) is 25.3 Å². The van der Waals surface area contributed by atoms with Crippen molar-refractivity contribution in [3.05, 3.63) is 33.9 Å². The molecule has 0 aromatic heterocycles. The predicted molar refractivity (Wildman–Crippen MR) is 76.8 cm³/mol. The van der Waals surface area contributed by atoms with E-state index >= 15 is 0 Å². The Morgan fingerprint density at radius 3 is 2.95 bits per heavy atom. The van der Waals surface area contributed by atoms with Crippen molar-refractivity contribution in [1.29, 1.82) is 5.26 Å². The molecule has 1 aliphatic rings. The lowest BCUT2D eigenvalue weighted by atomic mass is 10.0. The smallest absolute Gasteiger partial charge is 0.322 e. The van der Waals surface area contributed by atoms with Gasteiger partial charge in [0.05, 0.1) is 16.6 Å². The minimum absolute atomic E-state index is 0.113. The summed E-state index contributed by atoms with van der Waals surface area (Å²) >= 11 is 0. The van der Waals surface area contributed by atoms with Gasteiger partial charge in [0, 0.05) is 19.2 Å². The summed E-state index contributed by atoms with van der Waals surface area (Å²) in [5.74, 6) is 0.431. The van der Waals surface area contributed by atoms with Gasteiger partial charge < -0.3 is 10.2 Å². The molecule has 7 nitrogen and oxygen atoms in total. The average molecular weight is 288 g/mol. The number of hydrogen-bond acceptors (Lipinski definition) is 4. The number of nitro groups is 1. The van der Waals surface area contributed by atoms with Crippen LogP contribution in [-0.4, -0.2) is 28.9 Å². The fraction of sp³-hybridized carbons (Fsp3) is 0.429. The third-order valence-corrected chi connectivity index (χ3v) is 3.51. The number of rotatable bonds is 2. The predicted octanol–water partition coefficient (Wildman–Crippen LogP) is 2.73. The van der Waals surface area contributed by atoms with Crippen molar-refractivity contribution in [2.24, 2.45) is 5.92 Å². The highest BCUT2D eigenvalue weighted by Crippen LogP contribution is 2.26. The molecule has 0 aliphatic carbocycles. The molecule has 0 spiro atoms. The number of benzene rings is 1. The first-order valence-electron chi connectivity index (χ1n) is 6.75. The Kier molecular flexibility index (Phi) is 4.38. The van der Waals surface area contributed by atoms with Gasteiger partial charge in [0.25, 0.3) is 5.69 Å². The van der Waals surface area contributed by atoms with Crippen molar-refractivity contribution in [2.75, 3.05) is 18.4 Å². The number of amides is 2. The van der Waals surface area contributed by atoms with Crippen LogP contribution in [0.5, 0.6) is 0 Å². The largest absolute Gasteiger partial charge is 0.324 e. The van der Waals surface area contributed by atoms with E-state index in [-0.39, 0.29) is 23.0 Å². The first-order chi connectivity index (χ1) is 10.0. The lowest BCUT2D eigenvalue weighted by Gasteiger charge is -2.30. The molecule has 0 saturated carbocycles. The Bertz CT molecular complexity index is 609. The molecule has 1 fully saturated rings. The van der Waals surface area contributed by atoms with Gasteiger partial charge in [-0.05, 0) is 30.9 Å². The molecule has 1 atom stereocenters. The fourth-order valence-electron chi connectivity index (χ4n) is 2.43. The molecule has 7 heteroatoms. The number of carbonyl (C=O) groups excluding carboxylic acids is 1. The van der Waals surface area contributed by atoms with Gasteiger partial charge in [0.1, 0.15) is 5.69 Å². The van der Waals surface area contributed by atoms with E-state index in [1.54, 1.807) is 4.90 Å². The zero-order valence-electron chi connectivity index (χ0n) is 11.7. The summed E-state index contributed by atoms with van der Waals surface area (Å²) in [5.41, 5.74) is 0.0287. The summed E-state index contributed by atoms with van der Waals surface area (Å²) in [7, 11) is 0. The van der Waals surface area contributed by atoms with Gasteiger partial charge in [-0.15, -0.1) is 0 Å². The summed E-state index contributed by atoms with van der Waals surface area (Å²) in [4.78, 5) is 24.3. The van der Waals surface area contributed by atoms with E-state index in [9.17, 15) is 14.9 Å². The fourth-order valence-corrected chi connectivity index (χ4v) is 2.43. The third-order valence-electron chi connectivity index (χ3n) is 3.51. The summed E-state index contributed by atoms with van der Waals surface area (Å²) in [6.07, 6.45) is 2.02. The second kappa shape index (κ2) is 6.22. The number of hydrogen-bond donors (Lipinski definition) is 1. The number of anilines is 1. The van der Waals surface area contributed by atoms with Crippen LogP contribution in [-0.2, 0) is 0 Å². The van der Waals surface area contributed by atoms with Crippen LogP contribution in [0.3, 0.4) is 0 Å². The SMILES string of the molecule is CC1CCCN(C(=O)Nc2ccc(C#N)cc2[N+](=O)[O-])C1. The van der Waals surface area contributed by atoms with Crippen LogP contribution in [0, 0.1) is 27.4 Å². The van der Waals surface area contributed by atoms with E-state index in [1.165, 1.54) is 12.1 Å². The summed E-state index contributed by atoms with van der Waals surface area (Å²) in [6.45, 7) is 3.37. The Morgan fingerprint density at radius 2 is 2.33 bits per heavy atom. The van der Waals surface area contributed by atoms with E-state index in [4.69, 9.17) is 5.26 Å². The van der Waals surface area contributed by atoms with Crippen molar-refractivity contribution in [1.82, 2.24) is 4.90 Å². The van der Waals surface area contributed by atoms with Crippen LogP contribution >= 0.6 is 0 Å². The van der Waals surface area contributed by atoms with Crippen LogP contribution in [0.4, 0.5) is 16.2 Å². The van der Waals surface area contributed by atoms with Crippen LogP contribution < -0.4 is 5.32 Å². The number of nitrogens with zero attached hydrogens (tertiary/aromatic N) is 3. The lowest BCUT2D eigenvalue weighted by Crippen LogP contribution is -2.41. The van der Waals surface area contributed by atoms with Crippen molar-refractivity contribution >= 4 is 17.4 Å². The molecular weight excluding hydrogens is 272 g/mol. The van der Waals surface area contributed by atoms with Crippen LogP contribution in [0.2, 0.25) is 0 Å². The van der Waals surface area contributed by atoms with E-state index in [0.29, 0.717) is 19.0 Å². The summed E-state index contributed by atoms with van der Waals surface area (Å²) in [5, 5.41) is 22.4. The number of nitrogens with one attached hydrogen (secondary N) is 1. The molecule has 1 saturated heterocycles. The Balaban J connectivity index is 2.17. The molecule has 2 rings (SSSR count). The van der Waals surface area contributed by atoms with E-state index in [0.717, 1.165) is 18.9 Å². The van der Waals surface area contributed by atoms with E-state index < -0.39 is 4.92 Å². The molecule has 1 aromatic carbocycles. The van der Waals surface area contributed by atoms with Crippen molar-refractivity contribution in [2.45, 2.75) is 19.8 Å². The van der Waals surface area contributed by atoms with Crippen molar-refractivity contribution in [3.8, 4) is 6.07 Å². The summed E-state index contributed by atoms with van der Waals surface area (Å²) < 4.78 is 0. The topological polar surface area (TPSA) is 99.3 Å². The Morgan fingerprint density at radius 1 is 1.57 bits per heavy atom. The Hall–Kier alpha value is -2.62. The number of nitriles is 1. The van der Waals surface area contributed by atoms with Crippen LogP contribution in [0.15, 0.2) is 18.2 Å². The standard InChI is InChI=1S/C14H16N4O3/c1-10-3-2-6-17(9-10)14(19)16-12-5-4-11(8-15)7-13(12)18(20)21/h4-5,7,10H,2-3,6,9H2,1H3,(H,16,19). The molecule has 1 N–H and O–H groups in total. The molecule has 110 valence electrons. The first kappa shape index (κ1) is 14.8. The first-order valence-corrected chi connectivity index (χ1v) is 6.75. The maximum absolute atomic E-state index is 12.2. The number of nitro benzene ring substituents is 1. The molecule has 1 aromatic rings. The number of likely N-dealkylation sites (tertiary alicyclic amines) is 1. The second-order valence-corrected chi connectivity index (χ2v) is 5.22. The molecule has 1 aliphatic heterocycles. The van der Waals surface area contributed by atoms with Gasteiger partial charge in [-0.2, -0.15) is 5.26 Å². The van der Waals surface area contributed by atoms with Gasteiger partial charge >= 0.3 is 6.03 Å². The number of carbonyl (C=O) groups is 1. The number of piperidine rings is 1.